The Morgan fingerprint density at radius 2 is 1.90 bits per heavy atom. The third-order valence-electron chi connectivity index (χ3n) is 5.06. The molecule has 150 valence electrons. The number of carbonyl (C=O) groups excluding carboxylic acids is 1. The zero-order valence-corrected chi connectivity index (χ0v) is 15.8. The van der Waals surface area contributed by atoms with Gasteiger partial charge in [0.05, 0.1) is 11.8 Å². The highest BCUT2D eigenvalue weighted by atomic mass is 19.1. The van der Waals surface area contributed by atoms with Crippen molar-refractivity contribution in [2.75, 3.05) is 13.1 Å². The van der Waals surface area contributed by atoms with E-state index in [-0.39, 0.29) is 5.91 Å². The van der Waals surface area contributed by atoms with Gasteiger partial charge < -0.3 is 14.7 Å². The summed E-state index contributed by atoms with van der Waals surface area (Å²) >= 11 is 0. The predicted octanol–water partition coefficient (Wildman–Crippen LogP) is 3.26. The first-order valence-corrected chi connectivity index (χ1v) is 9.60. The van der Waals surface area contributed by atoms with E-state index in [4.69, 9.17) is 4.74 Å². The third-order valence-corrected chi connectivity index (χ3v) is 5.06. The summed E-state index contributed by atoms with van der Waals surface area (Å²) in [6, 6.07) is 17.2. The Hall–Kier alpha value is -3.19. The van der Waals surface area contributed by atoms with E-state index in [0.29, 0.717) is 43.1 Å². The lowest BCUT2D eigenvalue weighted by Crippen LogP contribution is -2.32. The number of ether oxygens (including phenoxy) is 1. The Morgan fingerprint density at radius 1 is 1.10 bits per heavy atom. The Bertz CT molecular complexity index is 976. The van der Waals surface area contributed by atoms with Gasteiger partial charge in [0.2, 0.25) is 0 Å². The quantitative estimate of drug-likeness (QED) is 0.711. The summed E-state index contributed by atoms with van der Waals surface area (Å²) in [4.78, 5) is 14.6. The number of nitrogens with one attached hydrogen (secondary N) is 1. The number of nitrogens with zero attached hydrogens (tertiary/aromatic N) is 2. The van der Waals surface area contributed by atoms with Crippen LogP contribution in [0, 0.1) is 5.82 Å². The van der Waals surface area contributed by atoms with Gasteiger partial charge in [-0.2, -0.15) is 5.10 Å². The molecule has 6 nitrogen and oxygen atoms in total. The fourth-order valence-electron chi connectivity index (χ4n) is 3.48. The van der Waals surface area contributed by atoms with Crippen molar-refractivity contribution in [3.63, 3.8) is 0 Å². The molecule has 29 heavy (non-hydrogen) atoms. The zero-order valence-electron chi connectivity index (χ0n) is 15.8. The number of benzene rings is 2. The summed E-state index contributed by atoms with van der Waals surface area (Å²) < 4.78 is 19.2. The molecule has 3 aromatic rings. The highest BCUT2D eigenvalue weighted by molar-refractivity contribution is 5.93. The molecule has 1 saturated heterocycles. The second-order valence-corrected chi connectivity index (χ2v) is 7.08. The monoisotopic (exact) mass is 395 g/mol. The molecule has 7 heteroatoms. The summed E-state index contributed by atoms with van der Waals surface area (Å²) in [5.74, 6) is -0.191. The molecule has 2 heterocycles. The van der Waals surface area contributed by atoms with Crippen LogP contribution < -0.4 is 4.74 Å². The van der Waals surface area contributed by atoms with Crippen LogP contribution in [0.5, 0.6) is 5.75 Å². The minimum Gasteiger partial charge on any atom is -0.488 e. The lowest BCUT2D eigenvalue weighted by Gasteiger charge is -2.21. The lowest BCUT2D eigenvalue weighted by atomic mass is 10.1. The topological polar surface area (TPSA) is 78.5 Å². The van der Waals surface area contributed by atoms with Crippen molar-refractivity contribution >= 4 is 5.91 Å². The van der Waals surface area contributed by atoms with Crippen LogP contribution in [0.2, 0.25) is 0 Å². The molecule has 2 atom stereocenters. The van der Waals surface area contributed by atoms with Gasteiger partial charge >= 0.3 is 0 Å². The number of amides is 1. The number of hydrogen-bond acceptors (Lipinski definition) is 4. The molecule has 1 aliphatic heterocycles. The number of aromatic amines is 1. The number of H-pyrrole nitrogens is 1. The first-order chi connectivity index (χ1) is 14.1. The zero-order chi connectivity index (χ0) is 20.2. The van der Waals surface area contributed by atoms with Crippen molar-refractivity contribution in [3.05, 3.63) is 72.2 Å². The average Bonchev–Trinajstić information content (AvgIpc) is 3.16. The normalized spacial score (nSPS) is 19.6. The first-order valence-electron chi connectivity index (χ1n) is 9.60. The number of aliphatic hydroxyl groups excluding tert-OH is 1. The molecule has 1 fully saturated rings. The standard InChI is InChI=1S/C22H22FN3O3/c23-16-7-4-8-17(13-16)29-21-10-12-26(11-9-20(21)27)22(28)19-14-18(24-25-19)15-5-2-1-3-6-15/h1-8,13-14,20-21,27H,9-12H2,(H,24,25)/t20-,21-/m0/s1. The number of halogens is 1. The van der Waals surface area contributed by atoms with Crippen molar-refractivity contribution in [2.24, 2.45) is 0 Å². The van der Waals surface area contributed by atoms with Crippen LogP contribution >= 0.6 is 0 Å². The minimum absolute atomic E-state index is 0.168. The minimum atomic E-state index is -0.738. The van der Waals surface area contributed by atoms with E-state index in [9.17, 15) is 14.3 Å². The fourth-order valence-corrected chi connectivity index (χ4v) is 3.48. The molecule has 2 aromatic carbocycles. The first kappa shape index (κ1) is 19.1. The lowest BCUT2D eigenvalue weighted by molar-refractivity contribution is 0.0348. The molecular weight excluding hydrogens is 373 g/mol. The molecule has 4 rings (SSSR count). The Labute approximate surface area is 167 Å². The van der Waals surface area contributed by atoms with Crippen molar-refractivity contribution < 1.29 is 19.0 Å². The summed E-state index contributed by atoms with van der Waals surface area (Å²) in [5, 5.41) is 17.5. The molecule has 0 unspecified atom stereocenters. The smallest absolute Gasteiger partial charge is 0.271 e. The maximum absolute atomic E-state index is 13.4. The van der Waals surface area contributed by atoms with Crippen molar-refractivity contribution in [1.29, 1.82) is 0 Å². The summed E-state index contributed by atoms with van der Waals surface area (Å²) in [5.41, 5.74) is 2.04. The van der Waals surface area contributed by atoms with Crippen molar-refractivity contribution in [2.45, 2.75) is 25.0 Å². The van der Waals surface area contributed by atoms with Crippen molar-refractivity contribution in [1.82, 2.24) is 15.1 Å². The molecule has 0 spiro atoms. The van der Waals surface area contributed by atoms with Gasteiger partial charge in [0.1, 0.15) is 23.4 Å². The van der Waals surface area contributed by atoms with E-state index in [2.05, 4.69) is 10.2 Å². The molecule has 0 aliphatic carbocycles. The molecular formula is C22H22FN3O3. The molecule has 1 aliphatic rings. The van der Waals surface area contributed by atoms with E-state index in [1.165, 1.54) is 12.1 Å². The van der Waals surface area contributed by atoms with Gasteiger partial charge in [-0.15, -0.1) is 0 Å². The maximum Gasteiger partial charge on any atom is 0.271 e. The third kappa shape index (κ3) is 4.46. The average molecular weight is 395 g/mol. The number of aromatic nitrogens is 2. The number of likely N-dealkylation sites (tertiary alicyclic amines) is 1. The van der Waals surface area contributed by atoms with Crippen LogP contribution in [0.4, 0.5) is 4.39 Å². The van der Waals surface area contributed by atoms with Crippen LogP contribution in [0.25, 0.3) is 11.3 Å². The van der Waals surface area contributed by atoms with E-state index in [1.807, 2.05) is 30.3 Å². The highest BCUT2D eigenvalue weighted by Gasteiger charge is 2.29. The molecule has 0 bridgehead atoms. The number of hydrogen-bond donors (Lipinski definition) is 2. The molecule has 0 radical (unpaired) electrons. The fraction of sp³-hybridized carbons (Fsp3) is 0.273. The van der Waals surface area contributed by atoms with Crippen LogP contribution in [-0.2, 0) is 0 Å². The SMILES string of the molecule is O=C(c1cc(-c2ccccc2)n[nH]1)N1CC[C@H](Oc2cccc(F)c2)[C@@H](O)CC1. The van der Waals surface area contributed by atoms with E-state index in [1.54, 1.807) is 23.1 Å². The second-order valence-electron chi connectivity index (χ2n) is 7.08. The van der Waals surface area contributed by atoms with Gasteiger partial charge in [0.15, 0.2) is 0 Å². The van der Waals surface area contributed by atoms with Crippen molar-refractivity contribution in [3.8, 4) is 17.0 Å². The molecule has 2 N–H and O–H groups in total. The Morgan fingerprint density at radius 3 is 2.69 bits per heavy atom. The van der Waals surface area contributed by atoms with Gasteiger partial charge in [0, 0.05) is 31.1 Å². The van der Waals surface area contributed by atoms with Crippen LogP contribution in [0.15, 0.2) is 60.7 Å². The Balaban J connectivity index is 1.42. The largest absolute Gasteiger partial charge is 0.488 e. The van der Waals surface area contributed by atoms with Gasteiger partial charge in [-0.25, -0.2) is 4.39 Å². The van der Waals surface area contributed by atoms with Crippen LogP contribution in [0.3, 0.4) is 0 Å². The summed E-state index contributed by atoms with van der Waals surface area (Å²) in [6.07, 6.45) is -0.414. The maximum atomic E-state index is 13.4. The van der Waals surface area contributed by atoms with Gasteiger partial charge in [-0.1, -0.05) is 36.4 Å². The van der Waals surface area contributed by atoms with Gasteiger partial charge in [0.25, 0.3) is 5.91 Å². The number of rotatable bonds is 4. The predicted molar refractivity (Wildman–Crippen MR) is 106 cm³/mol. The van der Waals surface area contributed by atoms with Crippen LogP contribution in [0.1, 0.15) is 23.3 Å². The number of aliphatic hydroxyl groups is 1. The van der Waals surface area contributed by atoms with Crippen LogP contribution in [-0.4, -0.2) is 51.4 Å². The summed E-state index contributed by atoms with van der Waals surface area (Å²) in [6.45, 7) is 0.832. The molecule has 0 saturated carbocycles. The van der Waals surface area contributed by atoms with E-state index >= 15 is 0 Å². The molecule has 1 aromatic heterocycles. The van der Waals surface area contributed by atoms with E-state index in [0.717, 1.165) is 5.56 Å². The number of carbonyl (C=O) groups is 1. The molecule has 1 amide bonds. The summed E-state index contributed by atoms with van der Waals surface area (Å²) in [7, 11) is 0. The van der Waals surface area contributed by atoms with Gasteiger partial charge in [-0.05, 0) is 24.6 Å². The highest BCUT2D eigenvalue weighted by Crippen LogP contribution is 2.22. The van der Waals surface area contributed by atoms with E-state index < -0.39 is 18.0 Å². The Kier molecular flexibility index (Phi) is 5.57. The second kappa shape index (κ2) is 8.45. The van der Waals surface area contributed by atoms with Gasteiger partial charge in [-0.3, -0.25) is 9.89 Å².